The van der Waals surface area contributed by atoms with Gasteiger partial charge in [-0.15, -0.1) is 0 Å². The van der Waals surface area contributed by atoms with Gasteiger partial charge in [0.15, 0.2) is 6.10 Å². The molecule has 7 heteroatoms. The first-order chi connectivity index (χ1) is 14.4. The van der Waals surface area contributed by atoms with Crippen LogP contribution in [0.1, 0.15) is 40.3 Å². The average molecular weight is 408 g/mol. The second kappa shape index (κ2) is 9.26. The van der Waals surface area contributed by atoms with Crippen LogP contribution < -0.4 is 10.1 Å². The molecule has 0 bridgehead atoms. The van der Waals surface area contributed by atoms with Crippen molar-refractivity contribution in [1.29, 1.82) is 0 Å². The summed E-state index contributed by atoms with van der Waals surface area (Å²) in [4.78, 5) is 40.6. The predicted octanol–water partition coefficient (Wildman–Crippen LogP) is 3.42. The smallest absolute Gasteiger partial charge is 0.326 e. The molecule has 0 fully saturated rings. The molecule has 0 saturated carbocycles. The van der Waals surface area contributed by atoms with Gasteiger partial charge in [0.25, 0.3) is 5.91 Å². The molecule has 1 heterocycles. The Kier molecular flexibility index (Phi) is 6.51. The van der Waals surface area contributed by atoms with Crippen LogP contribution in [0.3, 0.4) is 0 Å². The lowest BCUT2D eigenvalue weighted by molar-refractivity contribution is -0.145. The highest BCUT2D eigenvalue weighted by atomic mass is 16.5. The zero-order valence-corrected chi connectivity index (χ0v) is 17.2. The number of fused-ring (bicyclic) bond motifs is 1. The number of amides is 1. The number of carbonyl (C=O) groups is 3. The quantitative estimate of drug-likeness (QED) is 0.440. The number of H-pyrrole nitrogens is 1. The Hall–Kier alpha value is -3.61. The first kappa shape index (κ1) is 21.1. The molecule has 0 radical (unpaired) electrons. The second-order valence-electron chi connectivity index (χ2n) is 6.78. The van der Waals surface area contributed by atoms with Gasteiger partial charge in [-0.1, -0.05) is 30.3 Å². The fourth-order valence-corrected chi connectivity index (χ4v) is 3.27. The molecule has 3 rings (SSSR count). The van der Waals surface area contributed by atoms with Crippen molar-refractivity contribution >= 4 is 28.6 Å². The number of Topliss-reactive ketones (excluding diaryl/α,β-unsaturated/α-hetero) is 1. The van der Waals surface area contributed by atoms with E-state index in [4.69, 9.17) is 9.47 Å². The molecule has 156 valence electrons. The minimum absolute atomic E-state index is 0.300. The molecule has 1 aromatic heterocycles. The molecule has 30 heavy (non-hydrogen) atoms. The molecule has 7 nitrogen and oxygen atoms in total. The van der Waals surface area contributed by atoms with Crippen LogP contribution >= 0.6 is 0 Å². The first-order valence-electron chi connectivity index (χ1n) is 9.73. The van der Waals surface area contributed by atoms with Gasteiger partial charge >= 0.3 is 5.97 Å². The summed E-state index contributed by atoms with van der Waals surface area (Å²) in [5, 5.41) is 3.29. The molecule has 0 saturated heterocycles. The molecule has 1 amide bonds. The Morgan fingerprint density at radius 1 is 1.07 bits per heavy atom. The van der Waals surface area contributed by atoms with Gasteiger partial charge in [0.2, 0.25) is 5.78 Å². The lowest BCUT2D eigenvalue weighted by Gasteiger charge is -2.14. The van der Waals surface area contributed by atoms with Crippen LogP contribution in [0.2, 0.25) is 0 Å². The number of carbonyl (C=O) groups excluding carboxylic acids is 3. The van der Waals surface area contributed by atoms with Crippen molar-refractivity contribution in [3.8, 4) is 5.75 Å². The second-order valence-corrected chi connectivity index (χ2v) is 6.78. The first-order valence-corrected chi connectivity index (χ1v) is 9.73. The minimum atomic E-state index is -0.983. The van der Waals surface area contributed by atoms with E-state index in [-0.39, 0.29) is 12.3 Å². The van der Waals surface area contributed by atoms with Crippen molar-refractivity contribution < 1.29 is 23.9 Å². The van der Waals surface area contributed by atoms with Gasteiger partial charge in [0, 0.05) is 22.2 Å². The lowest BCUT2D eigenvalue weighted by atomic mass is 10.0. The van der Waals surface area contributed by atoms with E-state index in [1.54, 1.807) is 31.2 Å². The van der Waals surface area contributed by atoms with Crippen molar-refractivity contribution in [2.45, 2.75) is 26.9 Å². The summed E-state index contributed by atoms with van der Waals surface area (Å²) in [5.41, 5.74) is 2.38. The van der Waals surface area contributed by atoms with Crippen molar-refractivity contribution in [2.24, 2.45) is 0 Å². The number of aromatic amines is 1. The Morgan fingerprint density at radius 3 is 2.53 bits per heavy atom. The highest BCUT2D eigenvalue weighted by molar-refractivity contribution is 6.11. The molecule has 2 N–H and O–H groups in total. The standard InChI is InChI=1S/C23H24N2O5/c1-4-29-19-12-8-6-10-17(19)23(28)24-13-20(26)30-15(3)22(27)21-14(2)25-18-11-7-5-9-16(18)21/h5-12,15,25H,4,13H2,1-3H3,(H,24,28)/t15-/m0/s1. The number of nitrogens with one attached hydrogen (secondary N) is 2. The van der Waals surface area contributed by atoms with Gasteiger partial charge < -0.3 is 19.8 Å². The molecule has 0 spiro atoms. The summed E-state index contributed by atoms with van der Waals surface area (Å²) >= 11 is 0. The number of hydrogen-bond donors (Lipinski definition) is 2. The summed E-state index contributed by atoms with van der Waals surface area (Å²) in [6, 6.07) is 14.2. The van der Waals surface area contributed by atoms with Gasteiger partial charge in [-0.25, -0.2) is 0 Å². The summed E-state index contributed by atoms with van der Waals surface area (Å²) in [6.45, 7) is 5.20. The third-order valence-electron chi connectivity index (χ3n) is 4.64. The molecule has 0 aliphatic carbocycles. The molecule has 1 atom stereocenters. The SMILES string of the molecule is CCOc1ccccc1C(=O)NCC(=O)O[C@@H](C)C(=O)c1c(C)[nH]c2ccccc12. The number of benzene rings is 2. The Bertz CT molecular complexity index is 1090. The van der Waals surface area contributed by atoms with Crippen LogP contribution in [0.4, 0.5) is 0 Å². The number of hydrogen-bond acceptors (Lipinski definition) is 5. The number of para-hydroxylation sites is 2. The van der Waals surface area contributed by atoms with Crippen LogP contribution in [0.25, 0.3) is 10.9 Å². The zero-order chi connectivity index (χ0) is 21.7. The highest BCUT2D eigenvalue weighted by Crippen LogP contribution is 2.24. The van der Waals surface area contributed by atoms with Crippen molar-refractivity contribution in [3.63, 3.8) is 0 Å². The van der Waals surface area contributed by atoms with Crippen molar-refractivity contribution in [1.82, 2.24) is 10.3 Å². The van der Waals surface area contributed by atoms with Gasteiger partial charge in [0.1, 0.15) is 12.3 Å². The molecule has 0 aliphatic heterocycles. The third kappa shape index (κ3) is 4.51. The fourth-order valence-electron chi connectivity index (χ4n) is 3.27. The monoisotopic (exact) mass is 408 g/mol. The van der Waals surface area contributed by atoms with Crippen LogP contribution in [0, 0.1) is 6.92 Å². The molecular weight excluding hydrogens is 384 g/mol. The molecule has 3 aromatic rings. The molecule has 0 aliphatic rings. The van der Waals surface area contributed by atoms with E-state index in [1.165, 1.54) is 6.92 Å². The minimum Gasteiger partial charge on any atom is -0.493 e. The number of aromatic nitrogens is 1. The number of aryl methyl sites for hydroxylation is 1. The number of rotatable bonds is 8. The van der Waals surface area contributed by atoms with Gasteiger partial charge in [-0.3, -0.25) is 14.4 Å². The maximum atomic E-state index is 12.9. The number of ketones is 1. The largest absolute Gasteiger partial charge is 0.493 e. The van der Waals surface area contributed by atoms with Crippen LogP contribution in [-0.4, -0.2) is 41.9 Å². The van der Waals surface area contributed by atoms with Gasteiger partial charge in [-0.2, -0.15) is 0 Å². The van der Waals surface area contributed by atoms with Crippen LogP contribution in [-0.2, 0) is 9.53 Å². The predicted molar refractivity (Wildman–Crippen MR) is 113 cm³/mol. The topological polar surface area (TPSA) is 97.5 Å². The van der Waals surface area contributed by atoms with Crippen LogP contribution in [0.5, 0.6) is 5.75 Å². The van der Waals surface area contributed by atoms with Crippen molar-refractivity contribution in [2.75, 3.05) is 13.2 Å². The lowest BCUT2D eigenvalue weighted by Crippen LogP contribution is -2.34. The van der Waals surface area contributed by atoms with Gasteiger partial charge in [0.05, 0.1) is 12.2 Å². The Balaban J connectivity index is 1.61. The van der Waals surface area contributed by atoms with E-state index < -0.39 is 18.0 Å². The van der Waals surface area contributed by atoms with E-state index in [1.807, 2.05) is 31.2 Å². The average Bonchev–Trinajstić information content (AvgIpc) is 3.07. The Morgan fingerprint density at radius 2 is 1.77 bits per heavy atom. The van der Waals surface area contributed by atoms with Gasteiger partial charge in [-0.05, 0) is 39.0 Å². The molecular formula is C23H24N2O5. The van der Waals surface area contributed by atoms with E-state index >= 15 is 0 Å². The Labute approximate surface area is 174 Å². The van der Waals surface area contributed by atoms with Crippen molar-refractivity contribution in [3.05, 3.63) is 65.4 Å². The third-order valence-corrected chi connectivity index (χ3v) is 4.64. The number of esters is 1. The van der Waals surface area contributed by atoms with Crippen LogP contribution in [0.15, 0.2) is 48.5 Å². The summed E-state index contributed by atoms with van der Waals surface area (Å²) in [5.74, 6) is -1.02. The summed E-state index contributed by atoms with van der Waals surface area (Å²) < 4.78 is 10.7. The van der Waals surface area contributed by atoms with E-state index in [2.05, 4.69) is 10.3 Å². The molecule has 2 aromatic carbocycles. The van der Waals surface area contributed by atoms with E-state index in [0.717, 1.165) is 10.9 Å². The maximum absolute atomic E-state index is 12.9. The maximum Gasteiger partial charge on any atom is 0.326 e. The molecule has 0 unspecified atom stereocenters. The highest BCUT2D eigenvalue weighted by Gasteiger charge is 2.24. The number of ether oxygens (including phenoxy) is 2. The summed E-state index contributed by atoms with van der Waals surface area (Å²) in [6.07, 6.45) is -0.983. The summed E-state index contributed by atoms with van der Waals surface area (Å²) in [7, 11) is 0. The fraction of sp³-hybridized carbons (Fsp3) is 0.261. The van der Waals surface area contributed by atoms with E-state index in [9.17, 15) is 14.4 Å². The normalized spacial score (nSPS) is 11.7. The zero-order valence-electron chi connectivity index (χ0n) is 17.2. The van der Waals surface area contributed by atoms with E-state index in [0.29, 0.717) is 29.2 Å².